The maximum atomic E-state index is 12.3. The maximum absolute atomic E-state index is 12.3. The molecule has 2 heterocycles. The van der Waals surface area contributed by atoms with Crippen molar-refractivity contribution in [3.63, 3.8) is 0 Å². The molecule has 0 aromatic carbocycles. The fourth-order valence-corrected chi connectivity index (χ4v) is 3.52. The molecule has 1 aliphatic rings. The number of rotatable bonds is 5. The van der Waals surface area contributed by atoms with Crippen molar-refractivity contribution in [2.24, 2.45) is 7.05 Å². The van der Waals surface area contributed by atoms with Gasteiger partial charge in [-0.2, -0.15) is 4.31 Å². The molecule has 0 aliphatic carbocycles. The highest BCUT2D eigenvalue weighted by Crippen LogP contribution is 2.20. The van der Waals surface area contributed by atoms with E-state index in [1.807, 2.05) is 0 Å². The molecule has 8 nitrogen and oxygen atoms in total. The van der Waals surface area contributed by atoms with Crippen LogP contribution in [0.5, 0.6) is 0 Å². The second-order valence-electron chi connectivity index (χ2n) is 4.69. The summed E-state index contributed by atoms with van der Waals surface area (Å²) in [4.78, 5) is 14.3. The monoisotopic (exact) mass is 303 g/mol. The lowest BCUT2D eigenvalue weighted by atomic mass is 10.1. The number of hydrogen-bond donors (Lipinski definition) is 1. The van der Waals surface area contributed by atoms with Crippen LogP contribution in [0.15, 0.2) is 17.6 Å². The van der Waals surface area contributed by atoms with Gasteiger partial charge in [-0.05, 0) is 12.8 Å². The molecule has 0 unspecified atom stereocenters. The molecule has 1 aromatic heterocycles. The average Bonchev–Trinajstić information content (AvgIpc) is 2.84. The van der Waals surface area contributed by atoms with Crippen molar-refractivity contribution >= 4 is 16.0 Å². The second kappa shape index (κ2) is 5.90. The molecule has 0 saturated carbocycles. The zero-order chi connectivity index (χ0) is 14.8. The van der Waals surface area contributed by atoms with Crippen LogP contribution in [0.25, 0.3) is 0 Å². The molecular formula is C11H17N3O5S. The summed E-state index contributed by atoms with van der Waals surface area (Å²) in [7, 11) is -1.86. The van der Waals surface area contributed by atoms with E-state index in [1.54, 1.807) is 11.6 Å². The van der Waals surface area contributed by atoms with E-state index in [2.05, 4.69) is 4.98 Å². The normalized spacial score (nSPS) is 18.2. The van der Waals surface area contributed by atoms with Crippen LogP contribution in [0, 0.1) is 0 Å². The first-order valence-corrected chi connectivity index (χ1v) is 7.65. The van der Waals surface area contributed by atoms with E-state index >= 15 is 0 Å². The van der Waals surface area contributed by atoms with Crippen molar-refractivity contribution in [2.75, 3.05) is 19.7 Å². The van der Waals surface area contributed by atoms with Gasteiger partial charge in [0.1, 0.15) is 6.61 Å². The van der Waals surface area contributed by atoms with Gasteiger partial charge in [0.2, 0.25) is 0 Å². The lowest BCUT2D eigenvalue weighted by Crippen LogP contribution is -2.41. The number of nitrogens with zero attached hydrogens (tertiary/aromatic N) is 3. The lowest BCUT2D eigenvalue weighted by Gasteiger charge is -2.30. The molecule has 9 heteroatoms. The Kier molecular flexibility index (Phi) is 4.41. The zero-order valence-electron chi connectivity index (χ0n) is 11.1. The standard InChI is InChI=1S/C11H17N3O5S/c1-13-6-10(12-8-13)20(17,18)14-4-2-9(3-5-14)19-7-11(15)16/h6,8-9H,2-5,7H2,1H3,(H,15,16). The van der Waals surface area contributed by atoms with Crippen molar-refractivity contribution in [1.82, 2.24) is 13.9 Å². The minimum Gasteiger partial charge on any atom is -0.480 e. The first-order valence-electron chi connectivity index (χ1n) is 6.21. The fourth-order valence-electron chi connectivity index (χ4n) is 2.08. The lowest BCUT2D eigenvalue weighted by molar-refractivity contribution is -0.145. The molecular weight excluding hydrogens is 286 g/mol. The molecule has 2 rings (SSSR count). The Hall–Kier alpha value is -1.45. The van der Waals surface area contributed by atoms with Gasteiger partial charge in [0.15, 0.2) is 5.03 Å². The molecule has 112 valence electrons. The minimum absolute atomic E-state index is 0.0323. The van der Waals surface area contributed by atoms with Gasteiger partial charge in [-0.15, -0.1) is 0 Å². The second-order valence-corrected chi connectivity index (χ2v) is 6.57. The van der Waals surface area contributed by atoms with Crippen LogP contribution in [0.4, 0.5) is 0 Å². The Morgan fingerprint density at radius 2 is 2.15 bits per heavy atom. The number of imidazole rings is 1. The molecule has 0 radical (unpaired) electrons. The summed E-state index contributed by atoms with van der Waals surface area (Å²) in [5.74, 6) is -1.02. The zero-order valence-corrected chi connectivity index (χ0v) is 11.9. The third kappa shape index (κ3) is 3.35. The van der Waals surface area contributed by atoms with E-state index < -0.39 is 16.0 Å². The van der Waals surface area contributed by atoms with E-state index in [0.717, 1.165) is 0 Å². The van der Waals surface area contributed by atoms with Gasteiger partial charge in [0.05, 0.1) is 12.4 Å². The van der Waals surface area contributed by atoms with E-state index in [9.17, 15) is 13.2 Å². The van der Waals surface area contributed by atoms with Crippen LogP contribution in [0.2, 0.25) is 0 Å². The number of aromatic nitrogens is 2. The van der Waals surface area contributed by atoms with Gasteiger partial charge >= 0.3 is 5.97 Å². The summed E-state index contributed by atoms with van der Waals surface area (Å²) < 4.78 is 32.7. The predicted molar refractivity (Wildman–Crippen MR) is 68.6 cm³/mol. The number of hydrogen-bond acceptors (Lipinski definition) is 5. The number of carboxylic acids is 1. The number of piperidine rings is 1. The van der Waals surface area contributed by atoms with Crippen LogP contribution in [0.3, 0.4) is 0 Å². The molecule has 0 bridgehead atoms. The molecule has 0 atom stereocenters. The molecule has 1 fully saturated rings. The summed E-state index contributed by atoms with van der Waals surface area (Å²) in [5.41, 5.74) is 0. The SMILES string of the molecule is Cn1cnc(S(=O)(=O)N2CCC(OCC(=O)O)CC2)c1. The van der Waals surface area contributed by atoms with Gasteiger partial charge in [-0.1, -0.05) is 0 Å². The number of carboxylic acid groups (broad SMARTS) is 1. The van der Waals surface area contributed by atoms with E-state index in [4.69, 9.17) is 9.84 Å². The highest BCUT2D eigenvalue weighted by Gasteiger charge is 2.31. The van der Waals surface area contributed by atoms with Crippen LogP contribution < -0.4 is 0 Å². The number of sulfonamides is 1. The van der Waals surface area contributed by atoms with Crippen LogP contribution in [-0.2, 0) is 26.6 Å². The molecule has 1 aliphatic heterocycles. The summed E-state index contributed by atoms with van der Waals surface area (Å²) in [6, 6.07) is 0. The Morgan fingerprint density at radius 1 is 1.50 bits per heavy atom. The Balaban J connectivity index is 1.95. The quantitative estimate of drug-likeness (QED) is 0.799. The highest BCUT2D eigenvalue weighted by atomic mass is 32.2. The Morgan fingerprint density at radius 3 is 2.65 bits per heavy atom. The van der Waals surface area contributed by atoms with Gasteiger partial charge in [-0.25, -0.2) is 18.2 Å². The van der Waals surface area contributed by atoms with Crippen molar-refractivity contribution in [1.29, 1.82) is 0 Å². The largest absolute Gasteiger partial charge is 0.480 e. The molecule has 0 spiro atoms. The van der Waals surface area contributed by atoms with Gasteiger partial charge in [-0.3, -0.25) is 0 Å². The van der Waals surface area contributed by atoms with Gasteiger partial charge in [0.25, 0.3) is 10.0 Å². The third-order valence-electron chi connectivity index (χ3n) is 3.13. The Labute approximate surface area is 117 Å². The number of aryl methyl sites for hydroxylation is 1. The van der Waals surface area contributed by atoms with Crippen molar-refractivity contribution in [3.8, 4) is 0 Å². The molecule has 20 heavy (non-hydrogen) atoms. The maximum Gasteiger partial charge on any atom is 0.329 e. The smallest absolute Gasteiger partial charge is 0.329 e. The summed E-state index contributed by atoms with van der Waals surface area (Å²) in [6.07, 6.45) is 3.66. The van der Waals surface area contributed by atoms with E-state index in [0.29, 0.717) is 25.9 Å². The number of aliphatic carboxylic acids is 1. The molecule has 1 saturated heterocycles. The Bertz CT molecular complexity index is 575. The van der Waals surface area contributed by atoms with Crippen LogP contribution >= 0.6 is 0 Å². The predicted octanol–water partition coefficient (Wildman–Crippen LogP) is -0.326. The van der Waals surface area contributed by atoms with Crippen LogP contribution in [0.1, 0.15) is 12.8 Å². The van der Waals surface area contributed by atoms with Gasteiger partial charge in [0, 0.05) is 26.3 Å². The topological polar surface area (TPSA) is 102 Å². The summed E-state index contributed by atoms with van der Waals surface area (Å²) >= 11 is 0. The van der Waals surface area contributed by atoms with Crippen molar-refractivity contribution in [3.05, 3.63) is 12.5 Å². The molecule has 1 N–H and O–H groups in total. The van der Waals surface area contributed by atoms with Crippen LogP contribution in [-0.4, -0.2) is 59.2 Å². The van der Waals surface area contributed by atoms with Crippen molar-refractivity contribution < 1.29 is 23.1 Å². The molecule has 1 aromatic rings. The first kappa shape index (κ1) is 14.9. The summed E-state index contributed by atoms with van der Waals surface area (Å²) in [5, 5.41) is 8.57. The fraction of sp³-hybridized carbons (Fsp3) is 0.636. The molecule has 0 amide bonds. The first-order chi connectivity index (χ1) is 9.39. The van der Waals surface area contributed by atoms with E-state index in [-0.39, 0.29) is 17.7 Å². The minimum atomic E-state index is -3.57. The highest BCUT2D eigenvalue weighted by molar-refractivity contribution is 7.89. The number of ether oxygens (including phenoxy) is 1. The van der Waals surface area contributed by atoms with Crippen molar-refractivity contribution in [2.45, 2.75) is 24.0 Å². The summed E-state index contributed by atoms with van der Waals surface area (Å²) in [6.45, 7) is 0.268. The third-order valence-corrected chi connectivity index (χ3v) is 4.91. The van der Waals surface area contributed by atoms with Gasteiger partial charge < -0.3 is 14.4 Å². The van der Waals surface area contributed by atoms with E-state index in [1.165, 1.54) is 16.8 Å². The number of carbonyl (C=O) groups is 1. The average molecular weight is 303 g/mol.